The molecule has 4 rings (SSSR count). The van der Waals surface area contributed by atoms with Gasteiger partial charge in [0.25, 0.3) is 0 Å². The van der Waals surface area contributed by atoms with Gasteiger partial charge in [0, 0.05) is 16.8 Å². The van der Waals surface area contributed by atoms with Crippen molar-refractivity contribution in [3.63, 3.8) is 0 Å². The van der Waals surface area contributed by atoms with Crippen LogP contribution in [0.1, 0.15) is 107 Å². The number of aliphatic hydroxyl groups is 1. The highest BCUT2D eigenvalue weighted by molar-refractivity contribution is 6.74. The van der Waals surface area contributed by atoms with Crippen molar-refractivity contribution < 1.29 is 22.7 Å². The number of benzene rings is 1. The first-order valence-electron chi connectivity index (χ1n) is 13.7. The third kappa shape index (κ3) is 5.72. The normalized spacial score (nSPS) is 20.6. The molecule has 8 heteroatoms. The summed E-state index contributed by atoms with van der Waals surface area (Å²) in [7, 11) is -2.23. The van der Waals surface area contributed by atoms with Crippen molar-refractivity contribution in [2.75, 3.05) is 0 Å². The number of fused-ring (bicyclic) bond motifs is 1. The summed E-state index contributed by atoms with van der Waals surface area (Å²) in [6, 6.07) is 3.82. The molecule has 3 nitrogen and oxygen atoms in total. The van der Waals surface area contributed by atoms with Crippen LogP contribution in [0.5, 0.6) is 0 Å². The van der Waals surface area contributed by atoms with Gasteiger partial charge < -0.3 is 9.53 Å². The van der Waals surface area contributed by atoms with Crippen LogP contribution in [-0.4, -0.2) is 18.4 Å². The van der Waals surface area contributed by atoms with Crippen molar-refractivity contribution in [2.45, 2.75) is 116 Å². The molecule has 2 aromatic rings. The number of aliphatic hydroxyl groups excluding tert-OH is 1. The Morgan fingerprint density at radius 3 is 2.29 bits per heavy atom. The van der Waals surface area contributed by atoms with E-state index in [9.17, 15) is 18.3 Å². The topological polar surface area (TPSA) is 42.4 Å². The number of nitrogens with zero attached hydrogens (tertiary/aromatic N) is 1. The van der Waals surface area contributed by atoms with Gasteiger partial charge in [-0.1, -0.05) is 65.1 Å². The summed E-state index contributed by atoms with van der Waals surface area (Å²) in [5.41, 5.74) is 2.64. The van der Waals surface area contributed by atoms with Gasteiger partial charge >= 0.3 is 6.18 Å². The molecule has 0 spiro atoms. The Morgan fingerprint density at radius 2 is 1.74 bits per heavy atom. The van der Waals surface area contributed by atoms with Crippen LogP contribution >= 0.6 is 11.6 Å². The van der Waals surface area contributed by atoms with E-state index in [-0.39, 0.29) is 39.8 Å². The standard InChI is InChI=1S/C30H41ClF3NO2Si/c1-28(2,3)38(6,7)37-23-16-29(4,5)15-22-26(23)24(19-10-8-9-11-19)25(27(31)35-22)20-14-18(17-36)12-13-21(20)30(32,33)34/h12-14,19,23,36H,8-11,15-17H2,1-7H3/t23-/m0/s1. The monoisotopic (exact) mass is 567 g/mol. The van der Waals surface area contributed by atoms with Crippen LogP contribution in [0.25, 0.3) is 11.1 Å². The second kappa shape index (κ2) is 10.2. The molecule has 1 aromatic heterocycles. The van der Waals surface area contributed by atoms with Crippen molar-refractivity contribution in [3.8, 4) is 11.1 Å². The largest absolute Gasteiger partial charge is 0.417 e. The fourth-order valence-electron chi connectivity index (χ4n) is 5.93. The van der Waals surface area contributed by atoms with E-state index in [2.05, 4.69) is 47.7 Å². The Balaban J connectivity index is 2.06. The van der Waals surface area contributed by atoms with Crippen molar-refractivity contribution in [1.29, 1.82) is 0 Å². The smallest absolute Gasteiger partial charge is 0.410 e. The van der Waals surface area contributed by atoms with Gasteiger partial charge in [0.2, 0.25) is 0 Å². The van der Waals surface area contributed by atoms with Crippen molar-refractivity contribution in [1.82, 2.24) is 4.98 Å². The maximum atomic E-state index is 14.3. The summed E-state index contributed by atoms with van der Waals surface area (Å²) >= 11 is 6.87. The van der Waals surface area contributed by atoms with E-state index in [4.69, 9.17) is 21.0 Å². The zero-order valence-electron chi connectivity index (χ0n) is 23.7. The molecule has 0 aliphatic heterocycles. The molecular formula is C30H41ClF3NO2Si. The highest BCUT2D eigenvalue weighted by atomic mass is 35.5. The molecule has 0 unspecified atom stereocenters. The van der Waals surface area contributed by atoms with Crippen LogP contribution in [0.2, 0.25) is 23.3 Å². The summed E-state index contributed by atoms with van der Waals surface area (Å²) < 4.78 is 50.1. The van der Waals surface area contributed by atoms with E-state index in [0.29, 0.717) is 17.5 Å². The minimum atomic E-state index is -4.57. The van der Waals surface area contributed by atoms with Crippen LogP contribution < -0.4 is 0 Å². The SMILES string of the molecule is CC1(C)Cc2nc(Cl)c(-c3cc(CO)ccc3C(F)(F)F)c(C3CCCC3)c2[C@@H](O[Si](C)(C)C(C)(C)C)C1. The summed E-state index contributed by atoms with van der Waals surface area (Å²) in [6.07, 6.45) is 0.494. The Kier molecular flexibility index (Phi) is 7.94. The molecule has 1 atom stereocenters. The fraction of sp³-hybridized carbons (Fsp3) is 0.633. The molecule has 1 aromatic carbocycles. The van der Waals surface area contributed by atoms with Gasteiger partial charge in [0.15, 0.2) is 8.32 Å². The fourth-order valence-corrected chi connectivity index (χ4v) is 7.50. The molecule has 0 amide bonds. The molecule has 1 N–H and O–H groups in total. The third-order valence-corrected chi connectivity index (χ3v) is 13.6. The van der Waals surface area contributed by atoms with E-state index in [1.165, 1.54) is 12.1 Å². The lowest BCUT2D eigenvalue weighted by atomic mass is 9.71. The van der Waals surface area contributed by atoms with Crippen LogP contribution in [0.3, 0.4) is 0 Å². The highest BCUT2D eigenvalue weighted by Crippen LogP contribution is 2.54. The molecule has 38 heavy (non-hydrogen) atoms. The maximum absolute atomic E-state index is 14.3. The molecule has 1 heterocycles. The van der Waals surface area contributed by atoms with E-state index >= 15 is 0 Å². The Hall–Kier alpha value is -1.41. The zero-order chi connectivity index (χ0) is 28.3. The van der Waals surface area contributed by atoms with Crippen LogP contribution in [0, 0.1) is 5.41 Å². The molecule has 0 saturated heterocycles. The van der Waals surface area contributed by atoms with Gasteiger partial charge in [0.05, 0.1) is 18.3 Å². The first-order chi connectivity index (χ1) is 17.4. The van der Waals surface area contributed by atoms with Crippen molar-refractivity contribution >= 4 is 19.9 Å². The number of hydrogen-bond donors (Lipinski definition) is 1. The minimum absolute atomic E-state index is 0.00200. The van der Waals surface area contributed by atoms with Gasteiger partial charge in [0.1, 0.15) is 5.15 Å². The summed E-state index contributed by atoms with van der Waals surface area (Å²) in [4.78, 5) is 4.81. The van der Waals surface area contributed by atoms with Gasteiger partial charge in [-0.25, -0.2) is 4.98 Å². The van der Waals surface area contributed by atoms with E-state index in [1.54, 1.807) is 0 Å². The molecule has 0 bridgehead atoms. The quantitative estimate of drug-likeness (QED) is 0.289. The van der Waals surface area contributed by atoms with Crippen LogP contribution in [0.4, 0.5) is 13.2 Å². The average Bonchev–Trinajstić information content (AvgIpc) is 3.30. The second-order valence-electron chi connectivity index (χ2n) is 13.5. The van der Waals surface area contributed by atoms with Crippen LogP contribution in [-0.2, 0) is 23.6 Å². The first-order valence-corrected chi connectivity index (χ1v) is 16.9. The highest BCUT2D eigenvalue weighted by Gasteiger charge is 2.46. The lowest BCUT2D eigenvalue weighted by Crippen LogP contribution is -2.44. The predicted octanol–water partition coefficient (Wildman–Crippen LogP) is 9.61. The lowest BCUT2D eigenvalue weighted by Gasteiger charge is -2.45. The number of alkyl halides is 3. The van der Waals surface area contributed by atoms with E-state index < -0.39 is 20.1 Å². The molecule has 0 radical (unpaired) electrons. The number of aromatic nitrogens is 1. The lowest BCUT2D eigenvalue weighted by molar-refractivity contribution is -0.137. The van der Waals surface area contributed by atoms with Gasteiger partial charge in [-0.3, -0.25) is 0 Å². The van der Waals surface area contributed by atoms with Crippen molar-refractivity contribution in [3.05, 3.63) is 51.3 Å². The second-order valence-corrected chi connectivity index (χ2v) is 18.6. The Labute approximate surface area is 231 Å². The molecule has 1 saturated carbocycles. The van der Waals surface area contributed by atoms with Gasteiger partial charge in [-0.15, -0.1) is 0 Å². The summed E-state index contributed by atoms with van der Waals surface area (Å²) in [5.74, 6) is 0.0878. The summed E-state index contributed by atoms with van der Waals surface area (Å²) in [6.45, 7) is 15.1. The third-order valence-electron chi connectivity index (χ3n) is 8.86. The molecule has 2 aliphatic carbocycles. The zero-order valence-corrected chi connectivity index (χ0v) is 25.4. The Bertz CT molecular complexity index is 1200. The molecule has 2 aliphatic rings. The van der Waals surface area contributed by atoms with Crippen molar-refractivity contribution in [2.24, 2.45) is 5.41 Å². The Morgan fingerprint density at radius 1 is 1.11 bits per heavy atom. The number of hydrogen-bond acceptors (Lipinski definition) is 3. The number of rotatable bonds is 5. The molecular weight excluding hydrogens is 527 g/mol. The minimum Gasteiger partial charge on any atom is -0.410 e. The first kappa shape index (κ1) is 29.6. The average molecular weight is 568 g/mol. The predicted molar refractivity (Wildman–Crippen MR) is 150 cm³/mol. The number of halogens is 4. The van der Waals surface area contributed by atoms with Gasteiger partial charge in [-0.2, -0.15) is 13.2 Å². The maximum Gasteiger partial charge on any atom is 0.417 e. The van der Waals surface area contributed by atoms with E-state index in [0.717, 1.165) is 55.0 Å². The molecule has 210 valence electrons. The van der Waals surface area contributed by atoms with Crippen LogP contribution in [0.15, 0.2) is 18.2 Å². The number of pyridine rings is 1. The van der Waals surface area contributed by atoms with E-state index in [1.807, 2.05) is 0 Å². The summed E-state index contributed by atoms with van der Waals surface area (Å²) in [5, 5.41) is 9.89. The molecule has 1 fully saturated rings. The van der Waals surface area contributed by atoms with Gasteiger partial charge in [-0.05, 0) is 84.0 Å².